The Labute approximate surface area is 97.6 Å². The molecule has 0 aromatic heterocycles. The van der Waals surface area contributed by atoms with E-state index in [2.05, 4.69) is 13.8 Å². The van der Waals surface area contributed by atoms with E-state index in [0.29, 0.717) is 11.5 Å². The molecule has 0 radical (unpaired) electrons. The summed E-state index contributed by atoms with van der Waals surface area (Å²) in [6, 6.07) is 0.291. The van der Waals surface area contributed by atoms with Gasteiger partial charge < -0.3 is 14.7 Å². The Bertz CT molecular complexity index is 230. The van der Waals surface area contributed by atoms with Crippen LogP contribution in [0.25, 0.3) is 0 Å². The van der Waals surface area contributed by atoms with Gasteiger partial charge >= 0.3 is 6.09 Å². The van der Waals surface area contributed by atoms with Crippen LogP contribution < -0.4 is 0 Å². The number of rotatable bonds is 3. The highest BCUT2D eigenvalue weighted by atomic mass is 16.6. The van der Waals surface area contributed by atoms with E-state index in [-0.39, 0.29) is 19.3 Å². The van der Waals surface area contributed by atoms with Crippen molar-refractivity contribution in [3.05, 3.63) is 0 Å². The van der Waals surface area contributed by atoms with Crippen LogP contribution in [0.2, 0.25) is 0 Å². The monoisotopic (exact) mass is 229 g/mol. The lowest BCUT2D eigenvalue weighted by Crippen LogP contribution is -2.41. The van der Waals surface area contributed by atoms with Crippen LogP contribution in [0.3, 0.4) is 0 Å². The number of amides is 1. The summed E-state index contributed by atoms with van der Waals surface area (Å²) in [5, 5.41) is 8.58. The van der Waals surface area contributed by atoms with Crippen LogP contribution in [0.1, 0.15) is 39.5 Å². The molecular formula is C12H23NO3. The molecule has 1 fully saturated rings. The standard InChI is InChI=1S/C12H23NO3/c1-12(2)6-4-10(5-7-12)13(3)11(15)16-9-8-14/h10,14H,4-9H2,1-3H3. The second kappa shape index (κ2) is 5.53. The van der Waals surface area contributed by atoms with Crippen LogP contribution >= 0.6 is 0 Å². The number of hydrogen-bond acceptors (Lipinski definition) is 3. The third kappa shape index (κ3) is 3.67. The SMILES string of the molecule is CN(C(=O)OCCO)C1CCC(C)(C)CC1. The number of hydrogen-bond donors (Lipinski definition) is 1. The lowest BCUT2D eigenvalue weighted by Gasteiger charge is -2.38. The second-order valence-corrected chi connectivity index (χ2v) is 5.34. The molecule has 0 heterocycles. The van der Waals surface area contributed by atoms with Crippen LogP contribution in [-0.2, 0) is 4.74 Å². The van der Waals surface area contributed by atoms with Gasteiger partial charge in [-0.1, -0.05) is 13.8 Å². The van der Waals surface area contributed by atoms with Crippen molar-refractivity contribution in [2.75, 3.05) is 20.3 Å². The number of ether oxygens (including phenoxy) is 1. The van der Waals surface area contributed by atoms with Crippen molar-refractivity contribution in [3.63, 3.8) is 0 Å². The summed E-state index contributed by atoms with van der Waals surface area (Å²) < 4.78 is 4.90. The van der Waals surface area contributed by atoms with E-state index in [1.54, 1.807) is 11.9 Å². The zero-order valence-electron chi connectivity index (χ0n) is 10.5. The summed E-state index contributed by atoms with van der Waals surface area (Å²) >= 11 is 0. The molecule has 0 atom stereocenters. The van der Waals surface area contributed by atoms with E-state index in [0.717, 1.165) is 25.7 Å². The number of carbonyl (C=O) groups is 1. The highest BCUT2D eigenvalue weighted by Gasteiger charge is 2.30. The number of carbonyl (C=O) groups excluding carboxylic acids is 1. The van der Waals surface area contributed by atoms with Crippen molar-refractivity contribution in [2.45, 2.75) is 45.6 Å². The third-order valence-electron chi connectivity index (χ3n) is 3.46. The van der Waals surface area contributed by atoms with E-state index >= 15 is 0 Å². The quantitative estimate of drug-likeness (QED) is 0.805. The summed E-state index contributed by atoms with van der Waals surface area (Å²) in [7, 11) is 1.78. The van der Waals surface area contributed by atoms with E-state index in [9.17, 15) is 4.79 Å². The van der Waals surface area contributed by atoms with Crippen molar-refractivity contribution in [1.29, 1.82) is 0 Å². The van der Waals surface area contributed by atoms with Gasteiger partial charge in [0.15, 0.2) is 0 Å². The van der Waals surface area contributed by atoms with Gasteiger partial charge in [-0.25, -0.2) is 4.79 Å². The Morgan fingerprint density at radius 1 is 1.44 bits per heavy atom. The Morgan fingerprint density at radius 2 is 2.00 bits per heavy atom. The van der Waals surface area contributed by atoms with Crippen LogP contribution in [0.15, 0.2) is 0 Å². The van der Waals surface area contributed by atoms with Gasteiger partial charge in [0.05, 0.1) is 6.61 Å². The maximum Gasteiger partial charge on any atom is 0.409 e. The van der Waals surface area contributed by atoms with E-state index in [1.165, 1.54) is 0 Å². The molecule has 0 saturated heterocycles. The minimum atomic E-state index is -0.321. The summed E-state index contributed by atoms with van der Waals surface area (Å²) in [4.78, 5) is 13.2. The molecule has 0 spiro atoms. The molecule has 1 aliphatic rings. The molecule has 0 aromatic carbocycles. The van der Waals surface area contributed by atoms with Crippen LogP contribution in [0, 0.1) is 5.41 Å². The van der Waals surface area contributed by atoms with Crippen molar-refractivity contribution >= 4 is 6.09 Å². The predicted molar refractivity (Wildman–Crippen MR) is 62.2 cm³/mol. The van der Waals surface area contributed by atoms with Gasteiger partial charge in [-0.2, -0.15) is 0 Å². The van der Waals surface area contributed by atoms with E-state index in [4.69, 9.17) is 9.84 Å². The van der Waals surface area contributed by atoms with Crippen LogP contribution in [-0.4, -0.2) is 42.4 Å². The molecule has 0 aromatic rings. The lowest BCUT2D eigenvalue weighted by molar-refractivity contribution is 0.0641. The van der Waals surface area contributed by atoms with Crippen molar-refractivity contribution in [1.82, 2.24) is 4.90 Å². The van der Waals surface area contributed by atoms with Gasteiger partial charge in [-0.05, 0) is 31.1 Å². The lowest BCUT2D eigenvalue weighted by atomic mass is 9.75. The first kappa shape index (κ1) is 13.3. The maximum atomic E-state index is 11.6. The van der Waals surface area contributed by atoms with Gasteiger partial charge in [0.2, 0.25) is 0 Å². The fourth-order valence-corrected chi connectivity index (χ4v) is 2.16. The predicted octanol–water partition coefficient (Wildman–Crippen LogP) is 2.02. The molecule has 1 rings (SSSR count). The fourth-order valence-electron chi connectivity index (χ4n) is 2.16. The Hall–Kier alpha value is -0.770. The molecule has 1 aliphatic carbocycles. The van der Waals surface area contributed by atoms with Crippen LogP contribution in [0.4, 0.5) is 4.79 Å². The molecule has 4 heteroatoms. The second-order valence-electron chi connectivity index (χ2n) is 5.34. The first-order valence-electron chi connectivity index (χ1n) is 5.97. The van der Waals surface area contributed by atoms with Gasteiger partial charge in [-0.15, -0.1) is 0 Å². The minimum absolute atomic E-state index is 0.0847. The Balaban J connectivity index is 2.38. The molecular weight excluding hydrogens is 206 g/mol. The number of aliphatic hydroxyl groups is 1. The molecule has 0 aliphatic heterocycles. The van der Waals surface area contributed by atoms with Crippen molar-refractivity contribution in [3.8, 4) is 0 Å². The smallest absolute Gasteiger partial charge is 0.409 e. The molecule has 0 unspecified atom stereocenters. The zero-order valence-corrected chi connectivity index (χ0v) is 10.5. The highest BCUT2D eigenvalue weighted by molar-refractivity contribution is 5.67. The first-order valence-corrected chi connectivity index (χ1v) is 5.97. The maximum absolute atomic E-state index is 11.6. The number of nitrogens with zero attached hydrogens (tertiary/aromatic N) is 1. The highest BCUT2D eigenvalue weighted by Crippen LogP contribution is 2.36. The molecule has 16 heavy (non-hydrogen) atoms. The van der Waals surface area contributed by atoms with Crippen molar-refractivity contribution < 1.29 is 14.6 Å². The van der Waals surface area contributed by atoms with Gasteiger partial charge in [0.1, 0.15) is 6.61 Å². The van der Waals surface area contributed by atoms with Gasteiger partial charge in [0.25, 0.3) is 0 Å². The third-order valence-corrected chi connectivity index (χ3v) is 3.46. The molecule has 1 saturated carbocycles. The molecule has 94 valence electrons. The Morgan fingerprint density at radius 3 is 2.50 bits per heavy atom. The molecule has 4 nitrogen and oxygen atoms in total. The van der Waals surface area contributed by atoms with Gasteiger partial charge in [-0.3, -0.25) is 0 Å². The van der Waals surface area contributed by atoms with Crippen LogP contribution in [0.5, 0.6) is 0 Å². The summed E-state index contributed by atoms with van der Waals surface area (Å²) in [6.45, 7) is 4.51. The normalized spacial score (nSPS) is 20.5. The Kier molecular flexibility index (Phi) is 4.59. The molecule has 1 amide bonds. The average molecular weight is 229 g/mol. The largest absolute Gasteiger partial charge is 0.447 e. The van der Waals surface area contributed by atoms with E-state index in [1.807, 2.05) is 0 Å². The first-order chi connectivity index (χ1) is 7.46. The summed E-state index contributed by atoms with van der Waals surface area (Å²) in [5.41, 5.74) is 0.409. The average Bonchev–Trinajstić information content (AvgIpc) is 2.25. The van der Waals surface area contributed by atoms with Gasteiger partial charge in [0, 0.05) is 13.1 Å². The summed E-state index contributed by atoms with van der Waals surface area (Å²) in [5.74, 6) is 0. The minimum Gasteiger partial charge on any atom is -0.447 e. The summed E-state index contributed by atoms with van der Waals surface area (Å²) in [6.07, 6.45) is 4.05. The topological polar surface area (TPSA) is 49.8 Å². The van der Waals surface area contributed by atoms with Crippen molar-refractivity contribution in [2.24, 2.45) is 5.41 Å². The fraction of sp³-hybridized carbons (Fsp3) is 0.917. The zero-order chi connectivity index (χ0) is 12.2. The number of aliphatic hydroxyl groups excluding tert-OH is 1. The molecule has 1 N–H and O–H groups in total. The van der Waals surface area contributed by atoms with E-state index < -0.39 is 0 Å². The molecule has 0 bridgehead atoms.